The summed E-state index contributed by atoms with van der Waals surface area (Å²) in [6.07, 6.45) is -15.2. The number of likely N-dealkylation sites (tertiary alicyclic amines) is 2. The van der Waals surface area contributed by atoms with Crippen LogP contribution in [0, 0.1) is 5.41 Å². The maximum absolute atomic E-state index is 15.1. The third-order valence-electron chi connectivity index (χ3n) is 11.5. The molecule has 3 aromatic rings. The molecule has 300 valence electrons. The number of pyridine rings is 1. The fourth-order valence-electron chi connectivity index (χ4n) is 8.55. The highest BCUT2D eigenvalue weighted by Gasteiger charge is 2.61. The Labute approximate surface area is 310 Å². The molecular formula is C38H41F9N4O4. The van der Waals surface area contributed by atoms with Gasteiger partial charge in [-0.2, -0.15) is 26.3 Å². The Bertz CT molecular complexity index is 1980. The highest BCUT2D eigenvalue weighted by Crippen LogP contribution is 2.48. The van der Waals surface area contributed by atoms with Crippen LogP contribution in [0.15, 0.2) is 41.2 Å². The number of amides is 1. The number of carbonyl (C=O) groups is 2. The van der Waals surface area contributed by atoms with Gasteiger partial charge in [0, 0.05) is 50.0 Å². The molecule has 1 amide bonds. The number of carboxylic acids is 1. The number of fused-ring (bicyclic) bond motifs is 2. The molecule has 3 aliphatic rings. The van der Waals surface area contributed by atoms with Gasteiger partial charge in [-0.05, 0) is 86.0 Å². The standard InChI is InChI=1S/C38H41F9N4O4/c1-49-29-8-5-21(19-50-13-9-23(39)10-14-50)17-27(29)32(37(42,43)44)31(33(49)52)26-7-6-24-22(3-2-4-25(24)26)18-28(34(53)54)48-35(55)36(38(45,46)47)11-15-51(16-12-36)20-30(40)41/h2-5,8,17,23,26,28,30H,6-7,9-16,18-20H2,1H3,(H,48,55)(H,53,54)/t26-,28-/m0/s1. The first-order chi connectivity index (χ1) is 25.8. The van der Waals surface area contributed by atoms with Crippen molar-refractivity contribution in [3.63, 3.8) is 0 Å². The number of aliphatic carboxylic acids is 1. The zero-order chi connectivity index (χ0) is 40.0. The van der Waals surface area contributed by atoms with Gasteiger partial charge in [0.2, 0.25) is 5.91 Å². The van der Waals surface area contributed by atoms with Crippen LogP contribution in [0.4, 0.5) is 39.5 Å². The fourth-order valence-corrected chi connectivity index (χ4v) is 8.55. The van der Waals surface area contributed by atoms with Crippen LogP contribution in [0.3, 0.4) is 0 Å². The number of halogens is 9. The predicted octanol–water partition coefficient (Wildman–Crippen LogP) is 6.59. The van der Waals surface area contributed by atoms with Crippen molar-refractivity contribution in [2.75, 3.05) is 32.7 Å². The van der Waals surface area contributed by atoms with Crippen molar-refractivity contribution in [3.05, 3.63) is 80.1 Å². The summed E-state index contributed by atoms with van der Waals surface area (Å²) in [6, 6.07) is 7.11. The van der Waals surface area contributed by atoms with Crippen LogP contribution in [0.5, 0.6) is 0 Å². The molecule has 1 aromatic heterocycles. The van der Waals surface area contributed by atoms with Gasteiger partial charge in [0.25, 0.3) is 12.0 Å². The lowest BCUT2D eigenvalue weighted by Crippen LogP contribution is -2.59. The van der Waals surface area contributed by atoms with Crippen LogP contribution in [0.2, 0.25) is 0 Å². The normalized spacial score (nSPS) is 20.5. The molecule has 2 aliphatic heterocycles. The van der Waals surface area contributed by atoms with Gasteiger partial charge in [-0.15, -0.1) is 0 Å². The number of benzene rings is 2. The SMILES string of the molecule is Cn1c(=O)c([C@H]2CCc3c(C[C@H](NC(=O)C4(C(F)(F)F)CCN(CC(F)F)CC4)C(=O)O)cccc32)c(C(F)(F)F)c2cc(CN3CCC(F)CC3)ccc21. The quantitative estimate of drug-likeness (QED) is 0.226. The van der Waals surface area contributed by atoms with Crippen LogP contribution >= 0.6 is 0 Å². The minimum atomic E-state index is -5.12. The van der Waals surface area contributed by atoms with E-state index in [0.717, 1.165) is 9.47 Å². The van der Waals surface area contributed by atoms with E-state index in [9.17, 15) is 45.8 Å². The van der Waals surface area contributed by atoms with E-state index in [1.807, 2.05) is 10.2 Å². The molecule has 0 bridgehead atoms. The number of alkyl halides is 9. The number of nitrogens with zero attached hydrogens (tertiary/aromatic N) is 3. The van der Waals surface area contributed by atoms with Crippen LogP contribution in [0.1, 0.15) is 71.4 Å². The van der Waals surface area contributed by atoms with Crippen LogP contribution in [0.25, 0.3) is 10.9 Å². The van der Waals surface area contributed by atoms with Crippen molar-refractivity contribution in [1.82, 2.24) is 19.7 Å². The molecule has 17 heteroatoms. The summed E-state index contributed by atoms with van der Waals surface area (Å²) in [4.78, 5) is 42.6. The van der Waals surface area contributed by atoms with Crippen LogP contribution in [-0.2, 0) is 42.2 Å². The van der Waals surface area contributed by atoms with Gasteiger partial charge in [-0.3, -0.25) is 19.4 Å². The monoisotopic (exact) mass is 788 g/mol. The van der Waals surface area contributed by atoms with Crippen molar-refractivity contribution in [3.8, 4) is 0 Å². The van der Waals surface area contributed by atoms with Gasteiger partial charge in [0.05, 0.1) is 17.6 Å². The lowest BCUT2D eigenvalue weighted by molar-refractivity contribution is -0.233. The van der Waals surface area contributed by atoms with Gasteiger partial charge in [0.15, 0.2) is 0 Å². The minimum absolute atomic E-state index is 0.0461. The average Bonchev–Trinajstić information content (AvgIpc) is 3.54. The molecule has 2 fully saturated rings. The van der Waals surface area contributed by atoms with Gasteiger partial charge in [-0.1, -0.05) is 24.3 Å². The van der Waals surface area contributed by atoms with Gasteiger partial charge < -0.3 is 15.0 Å². The smallest absolute Gasteiger partial charge is 0.417 e. The average molecular weight is 789 g/mol. The number of hydrogen-bond acceptors (Lipinski definition) is 5. The van der Waals surface area contributed by atoms with Crippen molar-refractivity contribution in [1.29, 1.82) is 0 Å². The first-order valence-corrected chi connectivity index (χ1v) is 18.1. The maximum Gasteiger partial charge on any atom is 0.417 e. The molecule has 0 unspecified atom stereocenters. The molecule has 0 spiro atoms. The molecule has 2 N–H and O–H groups in total. The van der Waals surface area contributed by atoms with E-state index in [1.165, 1.54) is 37.4 Å². The molecule has 2 atom stereocenters. The van der Waals surface area contributed by atoms with E-state index >= 15 is 13.2 Å². The molecule has 2 aromatic carbocycles. The highest BCUT2D eigenvalue weighted by atomic mass is 19.4. The van der Waals surface area contributed by atoms with Crippen LogP contribution in [-0.4, -0.2) is 88.9 Å². The van der Waals surface area contributed by atoms with Gasteiger partial charge in [0.1, 0.15) is 17.6 Å². The van der Waals surface area contributed by atoms with Gasteiger partial charge >= 0.3 is 18.3 Å². The van der Waals surface area contributed by atoms with E-state index < -0.39 is 110 Å². The third-order valence-corrected chi connectivity index (χ3v) is 11.5. The van der Waals surface area contributed by atoms with E-state index in [4.69, 9.17) is 0 Å². The molecule has 6 rings (SSSR count). The van der Waals surface area contributed by atoms with E-state index in [1.54, 1.807) is 6.07 Å². The zero-order valence-electron chi connectivity index (χ0n) is 29.9. The lowest BCUT2D eigenvalue weighted by atomic mass is 9.76. The molecule has 3 heterocycles. The van der Waals surface area contributed by atoms with E-state index in [0.29, 0.717) is 42.6 Å². The fraction of sp³-hybridized carbons (Fsp3) is 0.553. The molecule has 0 radical (unpaired) electrons. The molecule has 2 saturated heterocycles. The zero-order valence-corrected chi connectivity index (χ0v) is 29.9. The Morgan fingerprint density at radius 1 is 0.964 bits per heavy atom. The summed E-state index contributed by atoms with van der Waals surface area (Å²) in [7, 11) is 1.38. The largest absolute Gasteiger partial charge is 0.480 e. The second-order valence-corrected chi connectivity index (χ2v) is 14.9. The molecule has 1 aliphatic carbocycles. The number of carbonyl (C=O) groups excluding carboxylic acids is 1. The lowest BCUT2D eigenvalue weighted by Gasteiger charge is -2.41. The summed E-state index contributed by atoms with van der Waals surface area (Å²) in [6.45, 7) is -0.511. The summed E-state index contributed by atoms with van der Waals surface area (Å²) < 4.78 is 129. The molecule has 55 heavy (non-hydrogen) atoms. The summed E-state index contributed by atoms with van der Waals surface area (Å²) in [5.41, 5.74) is -3.80. The van der Waals surface area contributed by atoms with E-state index in [-0.39, 0.29) is 35.9 Å². The topological polar surface area (TPSA) is 94.9 Å². The highest BCUT2D eigenvalue weighted by molar-refractivity contribution is 5.88. The summed E-state index contributed by atoms with van der Waals surface area (Å²) in [5.74, 6) is -4.32. The maximum atomic E-state index is 15.1. The molecule has 8 nitrogen and oxygen atoms in total. The van der Waals surface area contributed by atoms with Crippen molar-refractivity contribution >= 4 is 22.8 Å². The number of carboxylic acid groups (broad SMARTS) is 1. The summed E-state index contributed by atoms with van der Waals surface area (Å²) in [5, 5.41) is 11.9. The Hall–Kier alpha value is -4.12. The first kappa shape index (κ1) is 40.5. The second kappa shape index (κ2) is 15.4. The van der Waals surface area contributed by atoms with Crippen molar-refractivity contribution in [2.24, 2.45) is 12.5 Å². The Kier molecular flexibility index (Phi) is 11.4. The first-order valence-electron chi connectivity index (χ1n) is 18.1. The molecule has 0 saturated carbocycles. The number of nitrogens with one attached hydrogen (secondary N) is 1. The number of aryl methyl sites for hydroxylation is 1. The van der Waals surface area contributed by atoms with Crippen molar-refractivity contribution in [2.45, 2.75) is 88.4 Å². The number of aromatic nitrogens is 1. The Morgan fingerprint density at radius 2 is 1.64 bits per heavy atom. The minimum Gasteiger partial charge on any atom is -0.480 e. The number of piperidine rings is 2. The number of hydrogen-bond donors (Lipinski definition) is 2. The number of rotatable bonds is 10. The Morgan fingerprint density at radius 3 is 2.24 bits per heavy atom. The molecular weight excluding hydrogens is 747 g/mol. The van der Waals surface area contributed by atoms with Gasteiger partial charge in [-0.25, -0.2) is 18.0 Å². The van der Waals surface area contributed by atoms with Crippen LogP contribution < -0.4 is 10.9 Å². The second-order valence-electron chi connectivity index (χ2n) is 14.9. The van der Waals surface area contributed by atoms with E-state index in [2.05, 4.69) is 0 Å². The predicted molar refractivity (Wildman–Crippen MR) is 184 cm³/mol. The van der Waals surface area contributed by atoms with Crippen molar-refractivity contribution < 1.29 is 54.2 Å². The third kappa shape index (κ3) is 8.09. The summed E-state index contributed by atoms with van der Waals surface area (Å²) >= 11 is 0. The Balaban J connectivity index is 1.32.